The van der Waals surface area contributed by atoms with Crippen molar-refractivity contribution in [1.29, 1.82) is 0 Å². The van der Waals surface area contributed by atoms with Crippen molar-refractivity contribution < 1.29 is 13.9 Å². The average molecular weight is 335 g/mol. The largest absolute Gasteiger partial charge is 0.379 e. The van der Waals surface area contributed by atoms with Crippen molar-refractivity contribution in [2.24, 2.45) is 0 Å². The Labute approximate surface area is 142 Å². The highest BCUT2D eigenvalue weighted by molar-refractivity contribution is 5.79. The van der Waals surface area contributed by atoms with Gasteiger partial charge in [-0.3, -0.25) is 9.69 Å². The molecular formula is C18H26FN3O2. The first-order chi connectivity index (χ1) is 11.6. The Kier molecular flexibility index (Phi) is 5.81. The van der Waals surface area contributed by atoms with E-state index >= 15 is 0 Å². The van der Waals surface area contributed by atoms with E-state index in [4.69, 9.17) is 4.74 Å². The number of carbonyl (C=O) groups is 1. The van der Waals surface area contributed by atoms with Crippen molar-refractivity contribution >= 4 is 5.91 Å². The van der Waals surface area contributed by atoms with Crippen LogP contribution in [0, 0.1) is 12.7 Å². The van der Waals surface area contributed by atoms with Crippen LogP contribution in [-0.4, -0.2) is 67.7 Å². The van der Waals surface area contributed by atoms with Crippen molar-refractivity contribution in [2.75, 3.05) is 45.9 Å². The molecule has 2 heterocycles. The van der Waals surface area contributed by atoms with Gasteiger partial charge in [-0.25, -0.2) is 4.39 Å². The monoisotopic (exact) mass is 335 g/mol. The summed E-state index contributed by atoms with van der Waals surface area (Å²) < 4.78 is 19.1. The highest BCUT2D eigenvalue weighted by Crippen LogP contribution is 2.14. The topological polar surface area (TPSA) is 44.8 Å². The number of amides is 1. The summed E-state index contributed by atoms with van der Waals surface area (Å²) in [7, 11) is 0. The van der Waals surface area contributed by atoms with Crippen molar-refractivity contribution in [3.05, 3.63) is 35.1 Å². The number of nitrogens with zero attached hydrogens (tertiary/aromatic N) is 2. The number of hydrogen-bond acceptors (Lipinski definition) is 4. The van der Waals surface area contributed by atoms with E-state index < -0.39 is 0 Å². The number of nitrogens with one attached hydrogen (secondary N) is 1. The average Bonchev–Trinajstić information content (AvgIpc) is 2.95. The van der Waals surface area contributed by atoms with E-state index in [1.807, 2.05) is 17.9 Å². The minimum absolute atomic E-state index is 0.0992. The minimum Gasteiger partial charge on any atom is -0.379 e. The molecule has 0 bridgehead atoms. The van der Waals surface area contributed by atoms with E-state index in [1.165, 1.54) is 6.07 Å². The van der Waals surface area contributed by atoms with Crippen LogP contribution in [0.5, 0.6) is 0 Å². The van der Waals surface area contributed by atoms with E-state index in [9.17, 15) is 9.18 Å². The zero-order chi connectivity index (χ0) is 16.9. The Morgan fingerprint density at radius 3 is 2.88 bits per heavy atom. The maximum absolute atomic E-state index is 13.8. The highest BCUT2D eigenvalue weighted by atomic mass is 19.1. The molecule has 1 atom stereocenters. The van der Waals surface area contributed by atoms with Gasteiger partial charge in [-0.1, -0.05) is 17.7 Å². The van der Waals surface area contributed by atoms with Gasteiger partial charge in [-0.05, 0) is 13.0 Å². The molecule has 24 heavy (non-hydrogen) atoms. The van der Waals surface area contributed by atoms with Crippen LogP contribution in [0.3, 0.4) is 0 Å². The van der Waals surface area contributed by atoms with Crippen molar-refractivity contribution in [3.63, 3.8) is 0 Å². The molecule has 5 nitrogen and oxygen atoms in total. The third-order valence-electron chi connectivity index (χ3n) is 4.79. The maximum atomic E-state index is 13.8. The van der Waals surface area contributed by atoms with E-state index in [0.29, 0.717) is 25.1 Å². The van der Waals surface area contributed by atoms with Crippen LogP contribution >= 0.6 is 0 Å². The van der Waals surface area contributed by atoms with Gasteiger partial charge < -0.3 is 15.0 Å². The predicted molar refractivity (Wildman–Crippen MR) is 90.2 cm³/mol. The number of benzene rings is 1. The Bertz CT molecular complexity index is 575. The number of halogens is 1. The molecule has 2 fully saturated rings. The molecule has 1 N–H and O–H groups in total. The van der Waals surface area contributed by atoms with Crippen LogP contribution in [0.25, 0.3) is 0 Å². The van der Waals surface area contributed by atoms with E-state index in [-0.39, 0.29) is 17.8 Å². The number of carbonyl (C=O) groups excluding carboxylic acids is 1. The van der Waals surface area contributed by atoms with Crippen molar-refractivity contribution in [2.45, 2.75) is 25.9 Å². The summed E-state index contributed by atoms with van der Waals surface area (Å²) >= 11 is 0. The van der Waals surface area contributed by atoms with E-state index in [0.717, 1.165) is 45.0 Å². The summed E-state index contributed by atoms with van der Waals surface area (Å²) in [6.07, 6.45) is 0.497. The first-order valence-electron chi connectivity index (χ1n) is 8.68. The fourth-order valence-electron chi connectivity index (χ4n) is 3.31. The van der Waals surface area contributed by atoms with Crippen LogP contribution in [0.1, 0.15) is 17.5 Å². The molecule has 2 saturated heterocycles. The summed E-state index contributed by atoms with van der Waals surface area (Å²) in [6, 6.07) is 5.23. The summed E-state index contributed by atoms with van der Waals surface area (Å²) in [5, 5.41) is 3.33. The Morgan fingerprint density at radius 1 is 1.29 bits per heavy atom. The standard InChI is InChI=1S/C18H26FN3O2/c1-14-2-3-17(19)15(10-14)12-20-16-11-18(23)22(13-16)5-4-21-6-8-24-9-7-21/h2-3,10,16,20H,4-9,11-13H2,1H3. The van der Waals surface area contributed by atoms with Gasteiger partial charge >= 0.3 is 0 Å². The number of aryl methyl sites for hydroxylation is 1. The highest BCUT2D eigenvalue weighted by Gasteiger charge is 2.29. The van der Waals surface area contributed by atoms with Crippen LogP contribution in [0.4, 0.5) is 4.39 Å². The molecule has 1 aromatic carbocycles. The number of rotatable bonds is 6. The summed E-state index contributed by atoms with van der Waals surface area (Å²) in [6.45, 7) is 8.21. The predicted octanol–water partition coefficient (Wildman–Crippen LogP) is 1.16. The SMILES string of the molecule is Cc1ccc(F)c(CNC2CC(=O)N(CCN3CCOCC3)C2)c1. The van der Waals surface area contributed by atoms with Crippen LogP contribution in [0.2, 0.25) is 0 Å². The number of likely N-dealkylation sites (tertiary alicyclic amines) is 1. The minimum atomic E-state index is -0.193. The molecule has 2 aliphatic heterocycles. The zero-order valence-electron chi connectivity index (χ0n) is 14.3. The molecule has 6 heteroatoms. The van der Waals surface area contributed by atoms with Gasteiger partial charge in [0.2, 0.25) is 5.91 Å². The second-order valence-corrected chi connectivity index (χ2v) is 6.67. The number of hydrogen-bond donors (Lipinski definition) is 1. The van der Waals surface area contributed by atoms with Crippen LogP contribution < -0.4 is 5.32 Å². The smallest absolute Gasteiger partial charge is 0.224 e. The van der Waals surface area contributed by atoms with Crippen molar-refractivity contribution in [1.82, 2.24) is 15.1 Å². The quantitative estimate of drug-likeness (QED) is 0.847. The number of morpholine rings is 1. The van der Waals surface area contributed by atoms with Gasteiger partial charge in [0.25, 0.3) is 0 Å². The molecule has 0 radical (unpaired) electrons. The molecule has 0 aromatic heterocycles. The van der Waals surface area contributed by atoms with Gasteiger partial charge in [0.15, 0.2) is 0 Å². The molecule has 1 unspecified atom stereocenters. The molecule has 0 aliphatic carbocycles. The maximum Gasteiger partial charge on any atom is 0.224 e. The molecule has 1 aromatic rings. The first-order valence-corrected chi connectivity index (χ1v) is 8.68. The Hall–Kier alpha value is -1.50. The van der Waals surface area contributed by atoms with Gasteiger partial charge in [0.05, 0.1) is 13.2 Å². The normalized spacial score (nSPS) is 22.3. The lowest BCUT2D eigenvalue weighted by Crippen LogP contribution is -2.42. The summed E-state index contributed by atoms with van der Waals surface area (Å²) in [5.41, 5.74) is 1.71. The second-order valence-electron chi connectivity index (χ2n) is 6.67. The summed E-state index contributed by atoms with van der Waals surface area (Å²) in [5.74, 6) is -0.00734. The van der Waals surface area contributed by atoms with Crippen LogP contribution in [-0.2, 0) is 16.1 Å². The van der Waals surface area contributed by atoms with Gasteiger partial charge in [0.1, 0.15) is 5.82 Å². The number of ether oxygens (including phenoxy) is 1. The first kappa shape index (κ1) is 17.3. The third-order valence-corrected chi connectivity index (χ3v) is 4.79. The lowest BCUT2D eigenvalue weighted by Gasteiger charge is -2.28. The van der Waals surface area contributed by atoms with E-state index in [2.05, 4.69) is 10.2 Å². The molecular weight excluding hydrogens is 309 g/mol. The van der Waals surface area contributed by atoms with Gasteiger partial charge in [0, 0.05) is 57.3 Å². The fraction of sp³-hybridized carbons (Fsp3) is 0.611. The lowest BCUT2D eigenvalue weighted by atomic mass is 10.1. The Morgan fingerprint density at radius 2 is 2.08 bits per heavy atom. The zero-order valence-corrected chi connectivity index (χ0v) is 14.3. The molecule has 2 aliphatic rings. The fourth-order valence-corrected chi connectivity index (χ4v) is 3.31. The van der Waals surface area contributed by atoms with Gasteiger partial charge in [-0.2, -0.15) is 0 Å². The molecule has 0 saturated carbocycles. The lowest BCUT2D eigenvalue weighted by molar-refractivity contribution is -0.128. The van der Waals surface area contributed by atoms with Gasteiger partial charge in [-0.15, -0.1) is 0 Å². The molecule has 132 valence electrons. The second kappa shape index (κ2) is 8.05. The third kappa shape index (κ3) is 4.53. The molecule has 3 rings (SSSR count). The van der Waals surface area contributed by atoms with Crippen molar-refractivity contribution in [3.8, 4) is 0 Å². The molecule has 1 amide bonds. The Balaban J connectivity index is 1.45. The summed E-state index contributed by atoms with van der Waals surface area (Å²) in [4.78, 5) is 16.4. The molecule has 0 spiro atoms. The van der Waals surface area contributed by atoms with Crippen LogP contribution in [0.15, 0.2) is 18.2 Å². The van der Waals surface area contributed by atoms with E-state index in [1.54, 1.807) is 6.07 Å².